The number of hydrogen-bond acceptors (Lipinski definition) is 5. The highest BCUT2D eigenvalue weighted by molar-refractivity contribution is 6.03. The minimum Gasteiger partial charge on any atom is -0.496 e. The first kappa shape index (κ1) is 19.5. The number of hydrogen-bond donors (Lipinski definition) is 0. The molecule has 148 valence electrons. The van der Waals surface area contributed by atoms with Gasteiger partial charge in [0.15, 0.2) is 5.78 Å². The molecule has 0 aliphatic carbocycles. The summed E-state index contributed by atoms with van der Waals surface area (Å²) in [5.74, 6) is 0.943. The number of ether oxygens (including phenoxy) is 3. The summed E-state index contributed by atoms with van der Waals surface area (Å²) < 4.78 is 16.4. The summed E-state index contributed by atoms with van der Waals surface area (Å²) in [6.07, 6.45) is 2.86. The fraction of sp³-hybridized carbons (Fsp3) is 0.619. The highest BCUT2D eigenvalue weighted by atomic mass is 16.6. The fourth-order valence-electron chi connectivity index (χ4n) is 4.30. The summed E-state index contributed by atoms with van der Waals surface area (Å²) in [7, 11) is 3.11. The summed E-state index contributed by atoms with van der Waals surface area (Å²) in [5, 5.41) is 0. The van der Waals surface area contributed by atoms with E-state index in [0.717, 1.165) is 12.8 Å². The average Bonchev–Trinajstić information content (AvgIpc) is 2.89. The van der Waals surface area contributed by atoms with Gasteiger partial charge in [-0.3, -0.25) is 4.79 Å². The smallest absolute Gasteiger partial charge is 0.410 e. The van der Waals surface area contributed by atoms with Crippen molar-refractivity contribution in [2.45, 2.75) is 64.1 Å². The van der Waals surface area contributed by atoms with Crippen molar-refractivity contribution in [2.24, 2.45) is 5.92 Å². The zero-order valence-corrected chi connectivity index (χ0v) is 16.8. The summed E-state index contributed by atoms with van der Waals surface area (Å²) >= 11 is 0. The third-order valence-corrected chi connectivity index (χ3v) is 5.38. The molecule has 2 unspecified atom stereocenters. The van der Waals surface area contributed by atoms with E-state index in [-0.39, 0.29) is 29.9 Å². The fourth-order valence-corrected chi connectivity index (χ4v) is 4.30. The van der Waals surface area contributed by atoms with Crippen molar-refractivity contribution in [2.75, 3.05) is 14.2 Å². The summed E-state index contributed by atoms with van der Waals surface area (Å²) in [6.45, 7) is 5.62. The van der Waals surface area contributed by atoms with Gasteiger partial charge in [-0.2, -0.15) is 0 Å². The SMILES string of the molecule is COc1cccc(OC)c1C(=O)C1CC2CCC(C1)N2C(=O)OC(C)(C)C. The second kappa shape index (κ2) is 7.41. The Morgan fingerprint density at radius 1 is 1.00 bits per heavy atom. The maximum atomic E-state index is 13.3. The number of ketones is 1. The van der Waals surface area contributed by atoms with Gasteiger partial charge in [-0.15, -0.1) is 0 Å². The van der Waals surface area contributed by atoms with Gasteiger partial charge in [0, 0.05) is 18.0 Å². The Morgan fingerprint density at radius 3 is 1.96 bits per heavy atom. The molecule has 1 aromatic rings. The predicted molar refractivity (Wildman–Crippen MR) is 101 cm³/mol. The normalized spacial score (nSPS) is 24.5. The minimum absolute atomic E-state index is 0.0324. The maximum absolute atomic E-state index is 13.3. The lowest BCUT2D eigenvalue weighted by Gasteiger charge is -2.39. The van der Waals surface area contributed by atoms with Gasteiger partial charge in [-0.05, 0) is 58.6 Å². The number of carbonyl (C=O) groups is 2. The third kappa shape index (κ3) is 3.89. The second-order valence-corrected chi connectivity index (χ2v) is 8.34. The second-order valence-electron chi connectivity index (χ2n) is 8.34. The first-order chi connectivity index (χ1) is 12.7. The molecule has 0 radical (unpaired) electrons. The Kier molecular flexibility index (Phi) is 5.36. The van der Waals surface area contributed by atoms with Crippen LogP contribution in [-0.2, 0) is 4.74 Å². The van der Waals surface area contributed by atoms with Crippen molar-refractivity contribution in [3.05, 3.63) is 23.8 Å². The zero-order chi connectivity index (χ0) is 19.8. The molecule has 2 atom stereocenters. The number of carbonyl (C=O) groups excluding carboxylic acids is 2. The first-order valence-corrected chi connectivity index (χ1v) is 9.51. The van der Waals surface area contributed by atoms with E-state index in [1.165, 1.54) is 0 Å². The third-order valence-electron chi connectivity index (χ3n) is 5.38. The van der Waals surface area contributed by atoms with E-state index in [1.54, 1.807) is 26.4 Å². The lowest BCUT2D eigenvalue weighted by Crippen LogP contribution is -2.49. The number of methoxy groups -OCH3 is 2. The molecule has 2 saturated heterocycles. The first-order valence-electron chi connectivity index (χ1n) is 9.51. The molecule has 0 aromatic heterocycles. The van der Waals surface area contributed by atoms with Crippen molar-refractivity contribution in [1.29, 1.82) is 0 Å². The number of rotatable bonds is 4. The van der Waals surface area contributed by atoms with Crippen LogP contribution in [0.25, 0.3) is 0 Å². The van der Waals surface area contributed by atoms with Gasteiger partial charge in [0.1, 0.15) is 22.7 Å². The highest BCUT2D eigenvalue weighted by Crippen LogP contribution is 2.42. The molecule has 0 N–H and O–H groups in total. The van der Waals surface area contributed by atoms with Gasteiger partial charge in [0.2, 0.25) is 0 Å². The van der Waals surface area contributed by atoms with E-state index in [4.69, 9.17) is 14.2 Å². The number of piperidine rings is 1. The summed E-state index contributed by atoms with van der Waals surface area (Å²) in [6, 6.07) is 5.46. The van der Waals surface area contributed by atoms with Gasteiger partial charge in [0.05, 0.1) is 14.2 Å². The van der Waals surface area contributed by atoms with Crippen molar-refractivity contribution in [3.63, 3.8) is 0 Å². The number of fused-ring (bicyclic) bond motifs is 2. The van der Waals surface area contributed by atoms with Crippen LogP contribution in [0, 0.1) is 5.92 Å². The van der Waals surface area contributed by atoms with Crippen LogP contribution in [-0.4, -0.2) is 48.7 Å². The van der Waals surface area contributed by atoms with Crippen molar-refractivity contribution in [1.82, 2.24) is 4.90 Å². The quantitative estimate of drug-likeness (QED) is 0.743. The molecule has 3 rings (SSSR count). The number of Topliss-reactive ketones (excluding diaryl/α,β-unsaturated/α-hetero) is 1. The van der Waals surface area contributed by atoms with Crippen molar-refractivity contribution < 1.29 is 23.8 Å². The Labute approximate surface area is 160 Å². The minimum atomic E-state index is -0.520. The Bertz CT molecular complexity index is 688. The van der Waals surface area contributed by atoms with Crippen molar-refractivity contribution in [3.8, 4) is 11.5 Å². The van der Waals surface area contributed by atoms with Crippen LogP contribution in [0.2, 0.25) is 0 Å². The molecule has 2 fully saturated rings. The maximum Gasteiger partial charge on any atom is 0.410 e. The number of benzene rings is 1. The largest absolute Gasteiger partial charge is 0.496 e. The van der Waals surface area contributed by atoms with Crippen molar-refractivity contribution >= 4 is 11.9 Å². The van der Waals surface area contributed by atoms with Crippen LogP contribution >= 0.6 is 0 Å². The lowest BCUT2D eigenvalue weighted by molar-refractivity contribution is 0.00249. The van der Waals surface area contributed by atoms with E-state index >= 15 is 0 Å². The van der Waals surface area contributed by atoms with E-state index in [0.29, 0.717) is 29.9 Å². The van der Waals surface area contributed by atoms with Gasteiger partial charge in [0.25, 0.3) is 0 Å². The summed E-state index contributed by atoms with van der Waals surface area (Å²) in [4.78, 5) is 27.7. The monoisotopic (exact) mass is 375 g/mol. The van der Waals surface area contributed by atoms with E-state index in [9.17, 15) is 9.59 Å². The lowest BCUT2D eigenvalue weighted by atomic mass is 9.84. The molecule has 27 heavy (non-hydrogen) atoms. The van der Waals surface area contributed by atoms with Gasteiger partial charge >= 0.3 is 6.09 Å². The van der Waals surface area contributed by atoms with E-state index < -0.39 is 5.60 Å². The van der Waals surface area contributed by atoms with Crippen LogP contribution in [0.3, 0.4) is 0 Å². The zero-order valence-electron chi connectivity index (χ0n) is 16.8. The van der Waals surface area contributed by atoms with Gasteiger partial charge < -0.3 is 19.1 Å². The highest BCUT2D eigenvalue weighted by Gasteiger charge is 2.47. The topological polar surface area (TPSA) is 65.1 Å². The molecule has 2 bridgehead atoms. The Hall–Kier alpha value is -2.24. The summed E-state index contributed by atoms with van der Waals surface area (Å²) in [5.41, 5.74) is -0.0221. The molecule has 0 saturated carbocycles. The molecule has 1 amide bonds. The van der Waals surface area contributed by atoms with Gasteiger partial charge in [-0.1, -0.05) is 6.07 Å². The van der Waals surface area contributed by atoms with Crippen LogP contribution in [0.15, 0.2) is 18.2 Å². The molecule has 2 aliphatic heterocycles. The van der Waals surface area contributed by atoms with Crippen LogP contribution in [0.4, 0.5) is 4.79 Å². The van der Waals surface area contributed by atoms with E-state index in [1.807, 2.05) is 31.7 Å². The Morgan fingerprint density at radius 2 is 1.52 bits per heavy atom. The number of nitrogens with zero attached hydrogens (tertiary/aromatic N) is 1. The molecular weight excluding hydrogens is 346 g/mol. The average molecular weight is 375 g/mol. The Balaban J connectivity index is 1.79. The molecule has 6 nitrogen and oxygen atoms in total. The van der Waals surface area contributed by atoms with Crippen LogP contribution < -0.4 is 9.47 Å². The van der Waals surface area contributed by atoms with E-state index in [2.05, 4.69) is 0 Å². The molecule has 1 aromatic carbocycles. The predicted octanol–water partition coefficient (Wildman–Crippen LogP) is 4.06. The van der Waals surface area contributed by atoms with Crippen LogP contribution in [0.1, 0.15) is 56.8 Å². The van der Waals surface area contributed by atoms with Crippen LogP contribution in [0.5, 0.6) is 11.5 Å². The molecule has 2 heterocycles. The number of amides is 1. The molecule has 6 heteroatoms. The van der Waals surface area contributed by atoms with Gasteiger partial charge in [-0.25, -0.2) is 4.79 Å². The molecular formula is C21H29NO5. The molecule has 2 aliphatic rings. The standard InChI is InChI=1S/C21H29NO5/c1-21(2,3)27-20(24)22-14-9-10-15(22)12-13(11-14)19(23)18-16(25-4)7-6-8-17(18)26-5/h6-8,13-15H,9-12H2,1-5H3. The molecule has 0 spiro atoms.